The highest BCUT2D eigenvalue weighted by Gasteiger charge is 2.11. The van der Waals surface area contributed by atoms with Gasteiger partial charge in [-0.05, 0) is 67.1 Å². The van der Waals surface area contributed by atoms with Crippen LogP contribution >= 0.6 is 35.0 Å². The molecular formula is C22H16Cl2N2O2S. The first-order chi connectivity index (χ1) is 14.0. The van der Waals surface area contributed by atoms with Crippen molar-refractivity contribution < 1.29 is 9.21 Å². The topological polar surface area (TPSA) is 55.1 Å². The van der Waals surface area contributed by atoms with E-state index in [9.17, 15) is 4.79 Å². The van der Waals surface area contributed by atoms with E-state index < -0.39 is 0 Å². The molecule has 0 radical (unpaired) electrons. The van der Waals surface area contributed by atoms with E-state index in [1.165, 1.54) is 11.8 Å². The number of thioether (sulfide) groups is 1. The fraction of sp³-hybridized carbons (Fsp3) is 0.0909. The Morgan fingerprint density at radius 3 is 2.62 bits per heavy atom. The number of rotatable bonds is 5. The number of anilines is 1. The summed E-state index contributed by atoms with van der Waals surface area (Å²) in [6, 6.07) is 18.5. The predicted molar refractivity (Wildman–Crippen MR) is 120 cm³/mol. The minimum atomic E-state index is -0.0988. The van der Waals surface area contributed by atoms with E-state index >= 15 is 0 Å². The van der Waals surface area contributed by atoms with Crippen LogP contribution in [-0.2, 0) is 4.79 Å². The summed E-state index contributed by atoms with van der Waals surface area (Å²) < 4.78 is 5.83. The number of oxazole rings is 1. The SMILES string of the molecule is Cc1ccc(-c2nc3cc(NC(=O)CSc4ccc(Cl)cc4)ccc3o2)cc1Cl. The summed E-state index contributed by atoms with van der Waals surface area (Å²) in [6.07, 6.45) is 0. The summed E-state index contributed by atoms with van der Waals surface area (Å²) in [5.41, 5.74) is 3.78. The van der Waals surface area contributed by atoms with Crippen LogP contribution in [0.15, 0.2) is 70.0 Å². The van der Waals surface area contributed by atoms with Crippen molar-refractivity contribution in [2.75, 3.05) is 11.1 Å². The van der Waals surface area contributed by atoms with Crippen LogP contribution in [0.5, 0.6) is 0 Å². The van der Waals surface area contributed by atoms with Gasteiger partial charge in [0.05, 0.1) is 5.75 Å². The van der Waals surface area contributed by atoms with Crippen molar-refractivity contribution in [3.05, 3.63) is 76.3 Å². The zero-order valence-corrected chi connectivity index (χ0v) is 17.7. The van der Waals surface area contributed by atoms with Crippen LogP contribution in [-0.4, -0.2) is 16.6 Å². The third-order valence-corrected chi connectivity index (χ3v) is 5.94. The third kappa shape index (κ3) is 4.75. The molecule has 4 rings (SSSR count). The second kappa shape index (κ2) is 8.49. The quantitative estimate of drug-likeness (QED) is 0.343. The molecule has 29 heavy (non-hydrogen) atoms. The molecule has 4 nitrogen and oxygen atoms in total. The Labute approximate surface area is 182 Å². The van der Waals surface area contributed by atoms with Crippen molar-refractivity contribution in [3.63, 3.8) is 0 Å². The number of hydrogen-bond acceptors (Lipinski definition) is 4. The first kappa shape index (κ1) is 19.8. The average molecular weight is 443 g/mol. The molecule has 3 aromatic carbocycles. The monoisotopic (exact) mass is 442 g/mol. The van der Waals surface area contributed by atoms with Crippen LogP contribution in [0.2, 0.25) is 10.0 Å². The number of fused-ring (bicyclic) bond motifs is 1. The number of benzene rings is 3. The van der Waals surface area contributed by atoms with Gasteiger partial charge in [-0.25, -0.2) is 4.98 Å². The summed E-state index contributed by atoms with van der Waals surface area (Å²) >= 11 is 13.5. The van der Waals surface area contributed by atoms with Crippen molar-refractivity contribution in [3.8, 4) is 11.5 Å². The van der Waals surface area contributed by atoms with Gasteiger partial charge in [-0.3, -0.25) is 4.79 Å². The van der Waals surface area contributed by atoms with Crippen molar-refractivity contribution >= 4 is 57.7 Å². The van der Waals surface area contributed by atoms with E-state index in [0.29, 0.717) is 38.5 Å². The molecule has 0 fully saturated rings. The Balaban J connectivity index is 1.46. The van der Waals surface area contributed by atoms with Gasteiger partial charge in [-0.2, -0.15) is 0 Å². The molecule has 1 amide bonds. The first-order valence-electron chi connectivity index (χ1n) is 8.83. The zero-order chi connectivity index (χ0) is 20.4. The molecule has 1 heterocycles. The first-order valence-corrected chi connectivity index (χ1v) is 10.6. The molecule has 7 heteroatoms. The van der Waals surface area contributed by atoms with Crippen LogP contribution in [0.1, 0.15) is 5.56 Å². The van der Waals surface area contributed by atoms with Crippen LogP contribution < -0.4 is 5.32 Å². The molecule has 1 aromatic heterocycles. The molecule has 0 bridgehead atoms. The van der Waals surface area contributed by atoms with E-state index in [-0.39, 0.29) is 5.91 Å². The lowest BCUT2D eigenvalue weighted by Crippen LogP contribution is -2.13. The maximum absolute atomic E-state index is 12.3. The number of nitrogens with zero attached hydrogens (tertiary/aromatic N) is 1. The molecule has 0 aliphatic rings. The summed E-state index contributed by atoms with van der Waals surface area (Å²) in [6.45, 7) is 1.94. The highest BCUT2D eigenvalue weighted by atomic mass is 35.5. The van der Waals surface area contributed by atoms with Gasteiger partial charge in [0, 0.05) is 26.2 Å². The van der Waals surface area contributed by atoms with Crippen LogP contribution in [0.25, 0.3) is 22.6 Å². The predicted octanol–water partition coefficient (Wildman–Crippen LogP) is 6.84. The lowest BCUT2D eigenvalue weighted by Gasteiger charge is -2.05. The van der Waals surface area contributed by atoms with E-state index in [2.05, 4.69) is 10.3 Å². The number of hydrogen-bond donors (Lipinski definition) is 1. The van der Waals surface area contributed by atoms with Gasteiger partial charge in [0.15, 0.2) is 5.58 Å². The summed E-state index contributed by atoms with van der Waals surface area (Å²) in [5, 5.41) is 4.23. The number of halogens is 2. The van der Waals surface area contributed by atoms with Crippen molar-refractivity contribution in [1.82, 2.24) is 4.98 Å². The molecule has 0 unspecified atom stereocenters. The van der Waals surface area contributed by atoms with E-state index in [1.54, 1.807) is 30.3 Å². The highest BCUT2D eigenvalue weighted by Crippen LogP contribution is 2.29. The number of amides is 1. The van der Waals surface area contributed by atoms with Gasteiger partial charge in [0.1, 0.15) is 5.52 Å². The lowest BCUT2D eigenvalue weighted by atomic mass is 10.1. The van der Waals surface area contributed by atoms with E-state index in [4.69, 9.17) is 27.6 Å². The minimum absolute atomic E-state index is 0.0988. The van der Waals surface area contributed by atoms with Crippen LogP contribution in [0.4, 0.5) is 5.69 Å². The average Bonchev–Trinajstić information content (AvgIpc) is 3.13. The largest absolute Gasteiger partial charge is 0.436 e. The van der Waals surface area contributed by atoms with Gasteiger partial charge in [-0.15, -0.1) is 11.8 Å². The highest BCUT2D eigenvalue weighted by molar-refractivity contribution is 8.00. The summed E-state index contributed by atoms with van der Waals surface area (Å²) in [7, 11) is 0. The Kier molecular flexibility index (Phi) is 5.81. The molecule has 0 spiro atoms. The smallest absolute Gasteiger partial charge is 0.234 e. The number of aromatic nitrogens is 1. The molecule has 0 saturated heterocycles. The zero-order valence-electron chi connectivity index (χ0n) is 15.4. The van der Waals surface area contributed by atoms with Gasteiger partial charge >= 0.3 is 0 Å². The summed E-state index contributed by atoms with van der Waals surface area (Å²) in [4.78, 5) is 17.8. The number of nitrogens with one attached hydrogen (secondary N) is 1. The second-order valence-corrected chi connectivity index (χ2v) is 8.35. The molecule has 1 N–H and O–H groups in total. The Morgan fingerprint density at radius 2 is 1.86 bits per heavy atom. The normalized spacial score (nSPS) is 11.0. The molecule has 0 saturated carbocycles. The van der Waals surface area contributed by atoms with Gasteiger partial charge in [0.25, 0.3) is 0 Å². The van der Waals surface area contributed by atoms with Crippen LogP contribution in [0.3, 0.4) is 0 Å². The molecule has 0 aliphatic carbocycles. The standard InChI is InChI=1S/C22H16Cl2N2O2S/c1-13-2-3-14(10-18(13)24)22-26-19-11-16(6-9-20(19)28-22)25-21(27)12-29-17-7-4-15(23)5-8-17/h2-11H,12H2,1H3,(H,25,27). The Bertz CT molecular complexity index is 1190. The lowest BCUT2D eigenvalue weighted by molar-refractivity contribution is -0.113. The van der Waals surface area contributed by atoms with E-state index in [0.717, 1.165) is 16.0 Å². The third-order valence-electron chi connectivity index (χ3n) is 4.27. The maximum Gasteiger partial charge on any atom is 0.234 e. The van der Waals surface area contributed by atoms with Crippen molar-refractivity contribution in [1.29, 1.82) is 0 Å². The van der Waals surface area contributed by atoms with Crippen LogP contribution in [0, 0.1) is 6.92 Å². The molecule has 0 aliphatic heterocycles. The second-order valence-electron chi connectivity index (χ2n) is 6.46. The van der Waals surface area contributed by atoms with Gasteiger partial charge < -0.3 is 9.73 Å². The van der Waals surface area contributed by atoms with Crippen molar-refractivity contribution in [2.45, 2.75) is 11.8 Å². The fourth-order valence-corrected chi connectivity index (χ4v) is 3.74. The number of carbonyl (C=O) groups excluding carboxylic acids is 1. The fourth-order valence-electron chi connectivity index (χ4n) is 2.73. The van der Waals surface area contributed by atoms with Gasteiger partial charge in [-0.1, -0.05) is 29.3 Å². The molecule has 4 aromatic rings. The van der Waals surface area contributed by atoms with Gasteiger partial charge in [0.2, 0.25) is 11.8 Å². The Morgan fingerprint density at radius 1 is 1.07 bits per heavy atom. The van der Waals surface area contributed by atoms with Crippen molar-refractivity contribution in [2.24, 2.45) is 0 Å². The number of aryl methyl sites for hydroxylation is 1. The summed E-state index contributed by atoms with van der Waals surface area (Å²) in [5.74, 6) is 0.688. The minimum Gasteiger partial charge on any atom is -0.436 e. The maximum atomic E-state index is 12.3. The van der Waals surface area contributed by atoms with E-state index in [1.807, 2.05) is 37.3 Å². The number of carbonyl (C=O) groups is 1. The Hall–Kier alpha value is -2.47. The molecule has 0 atom stereocenters. The molecule has 146 valence electrons. The molecular weight excluding hydrogens is 427 g/mol.